The Morgan fingerprint density at radius 2 is 1.95 bits per heavy atom. The van der Waals surface area contributed by atoms with Gasteiger partial charge in [-0.05, 0) is 37.3 Å². The summed E-state index contributed by atoms with van der Waals surface area (Å²) in [7, 11) is 0. The highest BCUT2D eigenvalue weighted by Crippen LogP contribution is 2.37. The number of nitrogens with two attached hydrogens (primary N) is 2. The molecule has 0 fully saturated rings. The summed E-state index contributed by atoms with van der Waals surface area (Å²) in [6, 6.07) is 10.5. The molecule has 3 rings (SSSR count). The van der Waals surface area contributed by atoms with Crippen molar-refractivity contribution in [2.45, 2.75) is 32.1 Å². The molecule has 1 unspecified atom stereocenters. The van der Waals surface area contributed by atoms with Crippen LogP contribution in [-0.4, -0.2) is 15.9 Å². The summed E-state index contributed by atoms with van der Waals surface area (Å²) in [6.07, 6.45) is 3.26. The highest BCUT2D eigenvalue weighted by atomic mass is 15.1. The molecule has 0 saturated carbocycles. The van der Waals surface area contributed by atoms with Gasteiger partial charge in [0.15, 0.2) is 5.96 Å². The summed E-state index contributed by atoms with van der Waals surface area (Å²) in [6.45, 7) is 2.00. The quantitative estimate of drug-likeness (QED) is 0.652. The van der Waals surface area contributed by atoms with E-state index >= 15 is 0 Å². The van der Waals surface area contributed by atoms with Gasteiger partial charge in [0.2, 0.25) is 0 Å². The van der Waals surface area contributed by atoms with Gasteiger partial charge in [0, 0.05) is 11.6 Å². The largest absolute Gasteiger partial charge is 0.370 e. The second-order valence-electron chi connectivity index (χ2n) is 5.36. The number of nitrogens with zero attached hydrogens (tertiary/aromatic N) is 3. The van der Waals surface area contributed by atoms with Crippen molar-refractivity contribution in [3.63, 3.8) is 0 Å². The molecule has 108 valence electrons. The van der Waals surface area contributed by atoms with E-state index in [0.29, 0.717) is 11.9 Å². The minimum Gasteiger partial charge on any atom is -0.370 e. The van der Waals surface area contributed by atoms with E-state index in [0.717, 1.165) is 30.7 Å². The van der Waals surface area contributed by atoms with E-state index in [1.54, 1.807) is 0 Å². The van der Waals surface area contributed by atoms with Crippen LogP contribution in [0.2, 0.25) is 0 Å². The van der Waals surface area contributed by atoms with E-state index in [9.17, 15) is 0 Å². The number of aliphatic imine (C=N–C) groups is 1. The first-order valence-electron chi connectivity index (χ1n) is 7.17. The summed E-state index contributed by atoms with van der Waals surface area (Å²) in [4.78, 5) is 13.0. The van der Waals surface area contributed by atoms with Gasteiger partial charge in [0.05, 0.1) is 5.69 Å². The van der Waals surface area contributed by atoms with Gasteiger partial charge in [-0.1, -0.05) is 30.3 Å². The van der Waals surface area contributed by atoms with E-state index in [2.05, 4.69) is 39.2 Å². The van der Waals surface area contributed by atoms with Crippen molar-refractivity contribution in [1.82, 2.24) is 9.97 Å². The van der Waals surface area contributed by atoms with Crippen LogP contribution in [0.5, 0.6) is 0 Å². The maximum Gasteiger partial charge on any atom is 0.253 e. The van der Waals surface area contributed by atoms with Gasteiger partial charge < -0.3 is 11.5 Å². The Balaban J connectivity index is 2.11. The van der Waals surface area contributed by atoms with Gasteiger partial charge in [-0.3, -0.25) is 0 Å². The summed E-state index contributed by atoms with van der Waals surface area (Å²) in [5, 5.41) is 0. The number of rotatable bonds is 2. The van der Waals surface area contributed by atoms with Crippen molar-refractivity contribution in [3.05, 3.63) is 52.8 Å². The van der Waals surface area contributed by atoms with E-state index < -0.39 is 0 Å². The molecule has 0 bridgehead atoms. The molecule has 5 heteroatoms. The summed E-state index contributed by atoms with van der Waals surface area (Å²) in [5.74, 6) is 0.639. The molecule has 0 spiro atoms. The van der Waals surface area contributed by atoms with Crippen molar-refractivity contribution in [1.29, 1.82) is 0 Å². The molecular weight excluding hydrogens is 262 g/mol. The molecule has 1 atom stereocenters. The van der Waals surface area contributed by atoms with Crippen LogP contribution in [0.25, 0.3) is 0 Å². The summed E-state index contributed by atoms with van der Waals surface area (Å²) < 4.78 is 0. The molecular formula is C16H19N5. The number of hydrogen-bond acceptors (Lipinski definition) is 3. The van der Waals surface area contributed by atoms with Crippen LogP contribution in [0.3, 0.4) is 0 Å². The molecule has 0 saturated heterocycles. The minimum atomic E-state index is -0.0126. The first-order chi connectivity index (χ1) is 10.1. The standard InChI is InChI=1S/C16H19N5/c1-10-12-8-5-9-13(11-6-3-2-4-7-11)14(12)20-16(19-10)21-15(17)18/h2-4,6-7,13H,5,8-9H2,1H3,(H4,17,18,19,20,21). The Hall–Kier alpha value is -2.43. The van der Waals surface area contributed by atoms with Crippen molar-refractivity contribution < 1.29 is 0 Å². The van der Waals surface area contributed by atoms with Gasteiger partial charge in [0.25, 0.3) is 5.95 Å². The fourth-order valence-electron chi connectivity index (χ4n) is 3.00. The number of hydrogen-bond donors (Lipinski definition) is 2. The van der Waals surface area contributed by atoms with Crippen LogP contribution in [0, 0.1) is 6.92 Å². The van der Waals surface area contributed by atoms with Crippen molar-refractivity contribution in [2.75, 3.05) is 0 Å². The monoisotopic (exact) mass is 281 g/mol. The van der Waals surface area contributed by atoms with Crippen molar-refractivity contribution >= 4 is 11.9 Å². The van der Waals surface area contributed by atoms with Gasteiger partial charge in [-0.25, -0.2) is 9.97 Å². The molecule has 0 radical (unpaired) electrons. The average molecular weight is 281 g/mol. The van der Waals surface area contributed by atoms with Crippen molar-refractivity contribution in [3.8, 4) is 0 Å². The maximum atomic E-state index is 5.44. The van der Waals surface area contributed by atoms with Crippen LogP contribution in [0.15, 0.2) is 35.3 Å². The van der Waals surface area contributed by atoms with Gasteiger partial charge in [-0.15, -0.1) is 0 Å². The SMILES string of the molecule is Cc1nc(N=C(N)N)nc2c1CCCC2c1ccccc1. The first kappa shape index (κ1) is 13.5. The topological polar surface area (TPSA) is 90.2 Å². The van der Waals surface area contributed by atoms with Crippen LogP contribution in [-0.2, 0) is 6.42 Å². The lowest BCUT2D eigenvalue weighted by molar-refractivity contribution is 0.591. The Bertz CT molecular complexity index is 675. The Morgan fingerprint density at radius 1 is 1.19 bits per heavy atom. The molecule has 1 aliphatic rings. The highest BCUT2D eigenvalue weighted by Gasteiger charge is 2.25. The molecule has 2 aromatic rings. The van der Waals surface area contributed by atoms with Crippen LogP contribution in [0.4, 0.5) is 5.95 Å². The fraction of sp³-hybridized carbons (Fsp3) is 0.312. The molecule has 21 heavy (non-hydrogen) atoms. The van der Waals surface area contributed by atoms with E-state index in [1.807, 2.05) is 13.0 Å². The van der Waals surface area contributed by atoms with E-state index in [4.69, 9.17) is 11.5 Å². The predicted octanol–water partition coefficient (Wildman–Crippen LogP) is 2.16. The zero-order valence-corrected chi connectivity index (χ0v) is 12.1. The molecule has 0 amide bonds. The fourth-order valence-corrected chi connectivity index (χ4v) is 3.00. The summed E-state index contributed by atoms with van der Waals surface area (Å²) in [5.41, 5.74) is 15.5. The molecule has 1 aliphatic carbocycles. The average Bonchev–Trinajstić information content (AvgIpc) is 2.47. The van der Waals surface area contributed by atoms with Crippen molar-refractivity contribution in [2.24, 2.45) is 16.5 Å². The Kier molecular flexibility index (Phi) is 3.56. The third kappa shape index (κ3) is 2.72. The number of benzene rings is 1. The second kappa shape index (κ2) is 5.52. The highest BCUT2D eigenvalue weighted by molar-refractivity contribution is 5.77. The maximum absolute atomic E-state index is 5.44. The first-order valence-corrected chi connectivity index (χ1v) is 7.17. The van der Waals surface area contributed by atoms with Crippen LogP contribution >= 0.6 is 0 Å². The Morgan fingerprint density at radius 3 is 2.67 bits per heavy atom. The number of aryl methyl sites for hydroxylation is 1. The molecule has 1 aromatic heterocycles. The normalized spacial score (nSPS) is 17.1. The molecule has 4 N–H and O–H groups in total. The minimum absolute atomic E-state index is 0.0126. The van der Waals surface area contributed by atoms with Gasteiger partial charge >= 0.3 is 0 Å². The third-order valence-corrected chi connectivity index (χ3v) is 3.91. The smallest absolute Gasteiger partial charge is 0.253 e. The van der Waals surface area contributed by atoms with Crippen LogP contribution in [0.1, 0.15) is 41.3 Å². The molecule has 5 nitrogen and oxygen atoms in total. The Labute approximate surface area is 124 Å². The lowest BCUT2D eigenvalue weighted by Crippen LogP contribution is -2.22. The van der Waals surface area contributed by atoms with E-state index in [-0.39, 0.29) is 5.96 Å². The predicted molar refractivity (Wildman–Crippen MR) is 83.5 cm³/mol. The number of fused-ring (bicyclic) bond motifs is 1. The number of guanidine groups is 1. The lowest BCUT2D eigenvalue weighted by Gasteiger charge is -2.25. The second-order valence-corrected chi connectivity index (χ2v) is 5.36. The zero-order valence-electron chi connectivity index (χ0n) is 12.1. The molecule has 1 heterocycles. The van der Waals surface area contributed by atoms with Gasteiger partial charge in [-0.2, -0.15) is 4.99 Å². The van der Waals surface area contributed by atoms with Crippen LogP contribution < -0.4 is 11.5 Å². The van der Waals surface area contributed by atoms with E-state index in [1.165, 1.54) is 11.1 Å². The summed E-state index contributed by atoms with van der Waals surface area (Å²) >= 11 is 0. The molecule has 1 aromatic carbocycles. The third-order valence-electron chi connectivity index (χ3n) is 3.91. The van der Waals surface area contributed by atoms with Gasteiger partial charge in [0.1, 0.15) is 0 Å². The molecule has 0 aliphatic heterocycles. The number of aromatic nitrogens is 2. The zero-order chi connectivity index (χ0) is 14.8. The lowest BCUT2D eigenvalue weighted by atomic mass is 9.82.